The van der Waals surface area contributed by atoms with Crippen LogP contribution in [0, 0.1) is 0 Å². The number of hydrogen-bond acceptors (Lipinski definition) is 7. The van der Waals surface area contributed by atoms with Gasteiger partial charge in [0.2, 0.25) is 0 Å². The molecule has 0 aliphatic carbocycles. The monoisotopic (exact) mass is 1040 g/mol. The molecule has 12 aromatic carbocycles. The number of nitrogens with zero attached hydrogens (tertiary/aromatic N) is 4. The molecule has 0 amide bonds. The third kappa shape index (κ3) is 5.82. The predicted octanol–water partition coefficient (Wildman–Crippen LogP) is 12.5. The van der Waals surface area contributed by atoms with Crippen LogP contribution in [0.25, 0.3) is 21.9 Å². The normalized spacial score (nSPS) is 14.1. The molecule has 13 aromatic rings. The highest BCUT2D eigenvalue weighted by Gasteiger charge is 2.54. The standard InChI is InChI=1S/C72H43B3N4O3/c1-4-22-44(23-5-1)76-52-33-15-11-29-48(52)73-50-31-13-18-39-62(50)81-71-67(73)57(76)42-59-69(71)75-66-55(78(59)46-26-8-3-9-27-46)36-20-37-56(66)79(54-35-21-41-64-65(54)47-28-10-17-38-61(47)80-64)60-43-58-68-72(70(60)75)82-63-40-19-14-32-51(63)74(68)49-30-12-16-34-53(49)77(58)45-24-6-2-7-25-45/h1-43H. The van der Waals surface area contributed by atoms with Gasteiger partial charge in [-0.2, -0.15) is 0 Å². The Kier molecular flexibility index (Phi) is 8.92. The fourth-order valence-electron chi connectivity index (χ4n) is 15.0. The van der Waals surface area contributed by atoms with Crippen LogP contribution in [-0.2, 0) is 0 Å². The van der Waals surface area contributed by atoms with E-state index in [2.05, 4.69) is 280 Å². The van der Waals surface area contributed by atoms with Gasteiger partial charge in [-0.3, -0.25) is 0 Å². The molecule has 82 heavy (non-hydrogen) atoms. The lowest BCUT2D eigenvalue weighted by Gasteiger charge is -2.49. The summed E-state index contributed by atoms with van der Waals surface area (Å²) in [6.07, 6.45) is 0. The molecule has 6 aliphatic rings. The summed E-state index contributed by atoms with van der Waals surface area (Å²) in [5.74, 6) is 3.44. The SMILES string of the molecule is c1ccc(N2c3ccccc3B3c4ccccc4Oc4c3c2cc2c4B3c4c(cccc4N(c4cccc5oc6ccccc6c45)c4cc5c6c(c43)Oc3ccccc3B6c3ccccc3N5c3ccccc3)N2c2ccccc2)cc1. The maximum Gasteiger partial charge on any atom is 0.261 e. The van der Waals surface area contributed by atoms with Crippen LogP contribution in [0.3, 0.4) is 0 Å². The van der Waals surface area contributed by atoms with Crippen molar-refractivity contribution in [3.8, 4) is 23.0 Å². The number of fused-ring (bicyclic) bond motifs is 17. The number of para-hydroxylation sites is 8. The third-order valence-electron chi connectivity index (χ3n) is 18.1. The van der Waals surface area contributed by atoms with E-state index in [1.54, 1.807) is 0 Å². The molecular formula is C72H43B3N4O3. The Bertz CT molecular complexity index is 4900. The highest BCUT2D eigenvalue weighted by atomic mass is 16.5. The molecule has 0 saturated heterocycles. The summed E-state index contributed by atoms with van der Waals surface area (Å²) in [5, 5.41) is 2.10. The summed E-state index contributed by atoms with van der Waals surface area (Å²) < 4.78 is 22.4. The van der Waals surface area contributed by atoms with Crippen molar-refractivity contribution in [1.29, 1.82) is 0 Å². The van der Waals surface area contributed by atoms with Gasteiger partial charge in [-0.25, -0.2) is 0 Å². The maximum absolute atomic E-state index is 7.85. The van der Waals surface area contributed by atoms with Crippen molar-refractivity contribution >= 4 is 159 Å². The molecule has 7 nitrogen and oxygen atoms in total. The molecule has 19 rings (SSSR count). The first kappa shape index (κ1) is 44.3. The van der Waals surface area contributed by atoms with E-state index in [-0.39, 0.29) is 13.4 Å². The second-order valence-corrected chi connectivity index (χ2v) is 22.1. The first-order chi connectivity index (χ1) is 40.7. The fraction of sp³-hybridized carbons (Fsp3) is 0. The molecule has 1 aromatic heterocycles. The van der Waals surface area contributed by atoms with Crippen molar-refractivity contribution in [3.05, 3.63) is 261 Å². The molecule has 0 atom stereocenters. The van der Waals surface area contributed by atoms with Gasteiger partial charge in [0, 0.05) is 67.9 Å². The van der Waals surface area contributed by atoms with Gasteiger partial charge in [-0.15, -0.1) is 0 Å². The lowest BCUT2D eigenvalue weighted by molar-refractivity contribution is 0.490. The minimum atomic E-state index is -0.408. The van der Waals surface area contributed by atoms with E-state index in [9.17, 15) is 0 Å². The highest BCUT2D eigenvalue weighted by Crippen LogP contribution is 2.53. The van der Waals surface area contributed by atoms with Crippen molar-refractivity contribution in [2.75, 3.05) is 19.6 Å². The van der Waals surface area contributed by atoms with Crippen molar-refractivity contribution in [3.63, 3.8) is 0 Å². The van der Waals surface area contributed by atoms with Gasteiger partial charge < -0.3 is 33.5 Å². The maximum atomic E-state index is 7.85. The fourth-order valence-corrected chi connectivity index (χ4v) is 15.0. The second-order valence-electron chi connectivity index (χ2n) is 22.1. The smallest absolute Gasteiger partial charge is 0.261 e. The quantitative estimate of drug-likeness (QED) is 0.163. The lowest BCUT2D eigenvalue weighted by atomic mass is 9.28. The summed E-state index contributed by atoms with van der Waals surface area (Å²) >= 11 is 0. The van der Waals surface area contributed by atoms with Crippen LogP contribution in [0.5, 0.6) is 23.0 Å². The predicted molar refractivity (Wildman–Crippen MR) is 339 cm³/mol. The van der Waals surface area contributed by atoms with Gasteiger partial charge in [0.05, 0.1) is 11.1 Å². The van der Waals surface area contributed by atoms with E-state index in [0.29, 0.717) is 0 Å². The molecule has 0 saturated carbocycles. The molecule has 0 bridgehead atoms. The number of benzene rings is 12. The Morgan fingerprint density at radius 3 is 1.18 bits per heavy atom. The number of ether oxygens (including phenoxy) is 2. The van der Waals surface area contributed by atoms with Crippen molar-refractivity contribution in [2.24, 2.45) is 0 Å². The third-order valence-corrected chi connectivity index (χ3v) is 18.1. The van der Waals surface area contributed by atoms with Crippen LogP contribution in [0.1, 0.15) is 0 Å². The molecule has 7 heterocycles. The van der Waals surface area contributed by atoms with E-state index in [1.807, 2.05) is 0 Å². The Hall–Kier alpha value is -10.6. The van der Waals surface area contributed by atoms with Crippen LogP contribution in [0.4, 0.5) is 68.2 Å². The van der Waals surface area contributed by atoms with Crippen molar-refractivity contribution in [2.45, 2.75) is 0 Å². The molecule has 0 N–H and O–H groups in total. The van der Waals surface area contributed by atoms with E-state index in [1.165, 1.54) is 10.9 Å². The minimum Gasteiger partial charge on any atom is -0.459 e. The van der Waals surface area contributed by atoms with E-state index in [0.717, 1.165) is 151 Å². The largest absolute Gasteiger partial charge is 0.459 e. The molecule has 0 radical (unpaired) electrons. The first-order valence-electron chi connectivity index (χ1n) is 28.3. The number of hydrogen-bond donors (Lipinski definition) is 0. The Balaban J connectivity index is 1.00. The van der Waals surface area contributed by atoms with Crippen LogP contribution < -0.4 is 78.2 Å². The summed E-state index contributed by atoms with van der Waals surface area (Å²) in [7, 11) is 0. The summed E-state index contributed by atoms with van der Waals surface area (Å²) in [5.41, 5.74) is 24.9. The average molecular weight is 1040 g/mol. The number of anilines is 12. The topological polar surface area (TPSA) is 44.6 Å². The molecule has 378 valence electrons. The minimum absolute atomic E-state index is 0.130. The van der Waals surface area contributed by atoms with E-state index < -0.39 is 6.71 Å². The number of furan rings is 1. The Morgan fingerprint density at radius 2 is 0.634 bits per heavy atom. The van der Waals surface area contributed by atoms with Gasteiger partial charge in [-0.1, -0.05) is 158 Å². The van der Waals surface area contributed by atoms with Gasteiger partial charge in [0.15, 0.2) is 0 Å². The molecule has 0 spiro atoms. The zero-order chi connectivity index (χ0) is 53.3. The Morgan fingerprint density at radius 1 is 0.256 bits per heavy atom. The van der Waals surface area contributed by atoms with Gasteiger partial charge >= 0.3 is 0 Å². The lowest BCUT2D eigenvalue weighted by Crippen LogP contribution is -2.67. The molecule has 6 aliphatic heterocycles. The van der Waals surface area contributed by atoms with Crippen molar-refractivity contribution in [1.82, 2.24) is 0 Å². The van der Waals surface area contributed by atoms with Gasteiger partial charge in [0.1, 0.15) is 34.2 Å². The zero-order valence-electron chi connectivity index (χ0n) is 44.1. The van der Waals surface area contributed by atoms with Gasteiger partial charge in [-0.05, 0) is 152 Å². The summed E-state index contributed by atoms with van der Waals surface area (Å²) in [6.45, 7) is -0.679. The van der Waals surface area contributed by atoms with Crippen LogP contribution in [0.2, 0.25) is 0 Å². The Labute approximate surface area is 474 Å². The average Bonchev–Trinajstić information content (AvgIpc) is 1.49. The van der Waals surface area contributed by atoms with Gasteiger partial charge in [0.25, 0.3) is 20.1 Å². The van der Waals surface area contributed by atoms with Crippen LogP contribution >= 0.6 is 0 Å². The zero-order valence-corrected chi connectivity index (χ0v) is 44.1. The summed E-state index contributed by atoms with van der Waals surface area (Å²) in [4.78, 5) is 9.95. The molecular weight excluding hydrogens is 1000 g/mol. The van der Waals surface area contributed by atoms with Crippen LogP contribution in [0.15, 0.2) is 265 Å². The number of rotatable bonds is 4. The highest BCUT2D eigenvalue weighted by molar-refractivity contribution is 7.05. The first-order valence-corrected chi connectivity index (χ1v) is 28.3. The molecule has 0 unspecified atom stereocenters. The summed E-state index contributed by atoms with van der Waals surface area (Å²) in [6, 6.07) is 94.7. The van der Waals surface area contributed by atoms with Crippen molar-refractivity contribution < 1.29 is 13.9 Å². The van der Waals surface area contributed by atoms with E-state index in [4.69, 9.17) is 13.9 Å². The second kappa shape index (κ2) is 16.5. The van der Waals surface area contributed by atoms with E-state index >= 15 is 0 Å². The van der Waals surface area contributed by atoms with Crippen LogP contribution in [-0.4, -0.2) is 20.1 Å². The molecule has 10 heteroatoms. The molecule has 0 fully saturated rings.